The highest BCUT2D eigenvalue weighted by Crippen LogP contribution is 2.33. The molecule has 3 amide bonds. The minimum Gasteiger partial charge on any atom is -0.492 e. The van der Waals surface area contributed by atoms with Gasteiger partial charge in [-0.05, 0) is 48.9 Å². The van der Waals surface area contributed by atoms with Crippen LogP contribution in [0.5, 0.6) is 5.75 Å². The molecule has 10 nitrogen and oxygen atoms in total. The van der Waals surface area contributed by atoms with Crippen LogP contribution in [-0.2, 0) is 20.8 Å². The van der Waals surface area contributed by atoms with Gasteiger partial charge >= 0.3 is 0 Å². The Morgan fingerprint density at radius 1 is 1.10 bits per heavy atom. The molecule has 0 unspecified atom stereocenters. The summed E-state index contributed by atoms with van der Waals surface area (Å²) in [6.45, 7) is 2.81. The first kappa shape index (κ1) is 28.8. The monoisotopic (exact) mass is 546 g/mol. The fraction of sp³-hybridized carbons (Fsp3) is 0.400. The number of carbonyl (C=O) groups is 3. The van der Waals surface area contributed by atoms with E-state index in [1.54, 1.807) is 38.2 Å². The number of amidine groups is 1. The van der Waals surface area contributed by atoms with E-state index in [1.807, 2.05) is 36.4 Å². The van der Waals surface area contributed by atoms with Gasteiger partial charge in [-0.15, -0.1) is 0 Å². The topological polar surface area (TPSA) is 150 Å². The van der Waals surface area contributed by atoms with Crippen LogP contribution < -0.4 is 26.4 Å². The quantitative estimate of drug-likeness (QED) is 0.289. The highest BCUT2D eigenvalue weighted by molar-refractivity contribution is 5.95. The lowest BCUT2D eigenvalue weighted by molar-refractivity contribution is -0.141. The van der Waals surface area contributed by atoms with E-state index in [4.69, 9.17) is 15.9 Å². The number of hydrogen-bond donors (Lipinski definition) is 5. The fourth-order valence-corrected chi connectivity index (χ4v) is 4.60. The number of rotatable bonds is 4. The third-order valence-corrected chi connectivity index (χ3v) is 7.30. The lowest BCUT2D eigenvalue weighted by Crippen LogP contribution is -2.56. The van der Waals surface area contributed by atoms with Gasteiger partial charge < -0.3 is 31.3 Å². The Bertz CT molecular complexity index is 1260. The number of carbonyl (C=O) groups excluding carboxylic acids is 3. The summed E-state index contributed by atoms with van der Waals surface area (Å²) in [6, 6.07) is 12.6. The second-order valence-corrected chi connectivity index (χ2v) is 10.3. The van der Waals surface area contributed by atoms with Gasteiger partial charge in [-0.1, -0.05) is 48.6 Å². The highest BCUT2D eigenvalue weighted by atomic mass is 16.5. The van der Waals surface area contributed by atoms with Crippen molar-refractivity contribution in [1.29, 1.82) is 5.41 Å². The third kappa shape index (κ3) is 7.69. The Labute approximate surface area is 234 Å². The molecule has 1 heterocycles. The SMILES string of the molecule is C[C@@H]1C(=O)N[C@H](Cc2ccc(C(=N)N)cc2)C(=O)NC/C=C/c2cccc(c2)OCCN[C@@H](C2CC2)C(=O)N1C. The lowest BCUT2D eigenvalue weighted by Gasteiger charge is -2.30. The minimum atomic E-state index is -0.869. The Morgan fingerprint density at radius 2 is 1.85 bits per heavy atom. The maximum absolute atomic E-state index is 13.4. The molecule has 212 valence electrons. The first-order chi connectivity index (χ1) is 19.2. The number of nitrogens with two attached hydrogens (primary N) is 1. The molecule has 0 saturated heterocycles. The zero-order valence-electron chi connectivity index (χ0n) is 23.0. The van der Waals surface area contributed by atoms with E-state index in [9.17, 15) is 14.4 Å². The predicted octanol–water partition coefficient (Wildman–Crippen LogP) is 1.44. The Kier molecular flexibility index (Phi) is 9.55. The standard InChI is InChI=1S/C30H38N6O4/c1-19-28(37)35-25(18-21-8-10-23(11-9-21)27(31)32)29(38)34-14-4-6-20-5-3-7-24(17-20)40-16-15-33-26(22-12-13-22)30(39)36(19)2/h3-11,17,19,22,25-26,33H,12-16,18H2,1-2H3,(H3,31,32)(H,34,38)(H,35,37)/b6-4+/t19-,25-,26+/m1/s1. The first-order valence-corrected chi connectivity index (χ1v) is 13.6. The van der Waals surface area contributed by atoms with Gasteiger partial charge in [0.15, 0.2) is 0 Å². The number of hydrogen-bond acceptors (Lipinski definition) is 6. The van der Waals surface area contributed by atoms with Gasteiger partial charge in [0.25, 0.3) is 0 Å². The van der Waals surface area contributed by atoms with Gasteiger partial charge in [-0.25, -0.2) is 0 Å². The number of ether oxygens (including phenoxy) is 1. The molecule has 1 saturated carbocycles. The molecule has 10 heteroatoms. The van der Waals surface area contributed by atoms with Crippen molar-refractivity contribution >= 4 is 29.6 Å². The van der Waals surface area contributed by atoms with Crippen LogP contribution in [0.15, 0.2) is 54.6 Å². The van der Waals surface area contributed by atoms with Crippen molar-refractivity contribution in [2.24, 2.45) is 11.7 Å². The maximum atomic E-state index is 13.4. The molecule has 0 spiro atoms. The molecule has 1 aliphatic carbocycles. The van der Waals surface area contributed by atoms with Crippen molar-refractivity contribution in [3.8, 4) is 5.75 Å². The number of nitrogens with one attached hydrogen (secondary N) is 4. The zero-order valence-corrected chi connectivity index (χ0v) is 23.0. The molecule has 2 aliphatic rings. The van der Waals surface area contributed by atoms with Crippen molar-refractivity contribution in [3.63, 3.8) is 0 Å². The smallest absolute Gasteiger partial charge is 0.243 e. The van der Waals surface area contributed by atoms with E-state index in [2.05, 4.69) is 16.0 Å². The average molecular weight is 547 g/mol. The molecule has 0 aromatic heterocycles. The summed E-state index contributed by atoms with van der Waals surface area (Å²) in [4.78, 5) is 41.4. The predicted molar refractivity (Wildman–Crippen MR) is 154 cm³/mol. The minimum absolute atomic E-state index is 0.0473. The number of nitrogens with zero attached hydrogens (tertiary/aromatic N) is 1. The van der Waals surface area contributed by atoms with Crippen LogP contribution in [0.1, 0.15) is 36.5 Å². The van der Waals surface area contributed by atoms with E-state index in [0.717, 1.165) is 29.7 Å². The van der Waals surface area contributed by atoms with E-state index < -0.39 is 24.0 Å². The molecule has 1 aliphatic heterocycles. The molecule has 2 aromatic rings. The summed E-state index contributed by atoms with van der Waals surface area (Å²) < 4.78 is 5.89. The van der Waals surface area contributed by atoms with Crippen LogP contribution >= 0.6 is 0 Å². The largest absolute Gasteiger partial charge is 0.492 e. The summed E-state index contributed by atoms with van der Waals surface area (Å²) in [5, 5.41) is 16.7. The van der Waals surface area contributed by atoms with Crippen molar-refractivity contribution in [2.45, 2.75) is 44.3 Å². The van der Waals surface area contributed by atoms with E-state index in [1.165, 1.54) is 4.90 Å². The Hall–Kier alpha value is -4.18. The molecule has 1 fully saturated rings. The van der Waals surface area contributed by atoms with E-state index in [-0.39, 0.29) is 36.5 Å². The number of amides is 3. The molecular formula is C30H38N6O4. The number of likely N-dealkylation sites (N-methyl/N-ethyl adjacent to an activating group) is 1. The van der Waals surface area contributed by atoms with Crippen molar-refractivity contribution < 1.29 is 19.1 Å². The van der Waals surface area contributed by atoms with Crippen LogP contribution in [0, 0.1) is 11.3 Å². The van der Waals surface area contributed by atoms with Crippen molar-refractivity contribution in [3.05, 3.63) is 71.3 Å². The van der Waals surface area contributed by atoms with Gasteiger partial charge in [0, 0.05) is 32.1 Å². The van der Waals surface area contributed by atoms with Crippen LogP contribution in [0.2, 0.25) is 0 Å². The molecule has 4 rings (SSSR count). The molecule has 6 N–H and O–H groups in total. The second-order valence-electron chi connectivity index (χ2n) is 10.3. The normalized spacial score (nSPS) is 24.0. The van der Waals surface area contributed by atoms with Crippen molar-refractivity contribution in [2.75, 3.05) is 26.7 Å². The van der Waals surface area contributed by atoms with Gasteiger partial charge in [-0.3, -0.25) is 19.8 Å². The molecule has 2 aromatic carbocycles. The molecule has 0 radical (unpaired) electrons. The third-order valence-electron chi connectivity index (χ3n) is 7.30. The van der Waals surface area contributed by atoms with Gasteiger partial charge in [0.1, 0.15) is 30.3 Å². The molecular weight excluding hydrogens is 508 g/mol. The lowest BCUT2D eigenvalue weighted by atomic mass is 10.0. The Balaban J connectivity index is 1.56. The summed E-state index contributed by atoms with van der Waals surface area (Å²) >= 11 is 0. The fourth-order valence-electron chi connectivity index (χ4n) is 4.60. The average Bonchev–Trinajstić information content (AvgIpc) is 3.79. The zero-order chi connectivity index (χ0) is 28.6. The number of fused-ring (bicyclic) bond motifs is 2. The highest BCUT2D eigenvalue weighted by Gasteiger charge is 2.39. The molecule has 2 bridgehead atoms. The van der Waals surface area contributed by atoms with E-state index in [0.29, 0.717) is 18.7 Å². The van der Waals surface area contributed by atoms with E-state index >= 15 is 0 Å². The number of benzene rings is 2. The summed E-state index contributed by atoms with van der Waals surface area (Å²) in [6.07, 6.45) is 5.87. The van der Waals surface area contributed by atoms with Gasteiger partial charge in [0.05, 0.1) is 6.04 Å². The number of nitrogen functional groups attached to an aromatic ring is 1. The summed E-state index contributed by atoms with van der Waals surface area (Å²) in [7, 11) is 1.62. The van der Waals surface area contributed by atoms with Gasteiger partial charge in [-0.2, -0.15) is 0 Å². The Morgan fingerprint density at radius 3 is 2.55 bits per heavy atom. The molecule has 3 atom stereocenters. The first-order valence-electron chi connectivity index (χ1n) is 13.6. The maximum Gasteiger partial charge on any atom is 0.243 e. The summed E-state index contributed by atoms with van der Waals surface area (Å²) in [5.41, 5.74) is 7.86. The van der Waals surface area contributed by atoms with Crippen LogP contribution in [-0.4, -0.2) is 73.3 Å². The van der Waals surface area contributed by atoms with Crippen LogP contribution in [0.25, 0.3) is 6.08 Å². The van der Waals surface area contributed by atoms with Crippen LogP contribution in [0.3, 0.4) is 0 Å². The van der Waals surface area contributed by atoms with Gasteiger partial charge in [0.2, 0.25) is 17.7 Å². The second kappa shape index (κ2) is 13.3. The van der Waals surface area contributed by atoms with Crippen LogP contribution in [0.4, 0.5) is 0 Å². The molecule has 40 heavy (non-hydrogen) atoms. The summed E-state index contributed by atoms with van der Waals surface area (Å²) in [5.74, 6) is -0.0223. The van der Waals surface area contributed by atoms with Crippen molar-refractivity contribution in [1.82, 2.24) is 20.9 Å².